The number of nitrogens with zero attached hydrogens (tertiary/aromatic N) is 5. The van der Waals surface area contributed by atoms with Crippen molar-refractivity contribution in [3.63, 3.8) is 0 Å². The number of carbonyl (C=O) groups excluding carboxylic acids is 2. The predicted octanol–water partition coefficient (Wildman–Crippen LogP) is 0.992. The van der Waals surface area contributed by atoms with E-state index in [1.54, 1.807) is 17.0 Å². The fourth-order valence-electron chi connectivity index (χ4n) is 5.35. The number of hydrogen-bond donors (Lipinski definition) is 1. The van der Waals surface area contributed by atoms with E-state index in [0.29, 0.717) is 37.5 Å². The van der Waals surface area contributed by atoms with Crippen LogP contribution in [0.5, 0.6) is 0 Å². The van der Waals surface area contributed by atoms with E-state index in [2.05, 4.69) is 12.1 Å². The molecule has 8 heteroatoms. The van der Waals surface area contributed by atoms with Crippen LogP contribution in [0.2, 0.25) is 0 Å². The zero-order valence-electron chi connectivity index (χ0n) is 17.9. The Hall–Kier alpha value is -2.94. The van der Waals surface area contributed by atoms with Crippen LogP contribution >= 0.6 is 0 Å². The highest BCUT2D eigenvalue weighted by molar-refractivity contribution is 5.87. The van der Waals surface area contributed by atoms with Gasteiger partial charge in [-0.25, -0.2) is 0 Å². The number of likely N-dealkylation sites (tertiary alicyclic amines) is 3. The molecular weight excluding hydrogens is 392 g/mol. The second-order valence-electron chi connectivity index (χ2n) is 9.10. The van der Waals surface area contributed by atoms with Crippen LogP contribution in [0, 0.1) is 28.6 Å². The van der Waals surface area contributed by atoms with E-state index in [0.717, 1.165) is 12.0 Å². The second kappa shape index (κ2) is 8.30. The summed E-state index contributed by atoms with van der Waals surface area (Å²) >= 11 is 0. The molecule has 6 atom stereocenters. The quantitative estimate of drug-likeness (QED) is 0.759. The second-order valence-corrected chi connectivity index (χ2v) is 9.10. The topological polar surface area (TPSA) is 117 Å². The first-order chi connectivity index (χ1) is 14.8. The molecule has 1 aromatic rings. The predicted molar refractivity (Wildman–Crippen MR) is 113 cm³/mol. The monoisotopic (exact) mass is 420 g/mol. The third-order valence-electron chi connectivity index (χ3n) is 6.94. The van der Waals surface area contributed by atoms with Gasteiger partial charge in [0.25, 0.3) is 0 Å². The Morgan fingerprint density at radius 2 is 1.94 bits per heavy atom. The first-order valence-corrected chi connectivity index (χ1v) is 10.9. The largest absolute Gasteiger partial charge is 0.330 e. The lowest BCUT2D eigenvalue weighted by molar-refractivity contribution is -0.141. The number of nitrogens with two attached hydrogens (primary N) is 1. The van der Waals surface area contributed by atoms with Gasteiger partial charge in [-0.1, -0.05) is 19.1 Å². The fraction of sp³-hybridized carbons (Fsp3) is 0.565. The Morgan fingerprint density at radius 3 is 2.55 bits per heavy atom. The number of benzene rings is 1. The van der Waals surface area contributed by atoms with Crippen LogP contribution < -0.4 is 5.73 Å². The molecule has 3 heterocycles. The van der Waals surface area contributed by atoms with Gasteiger partial charge in [0.2, 0.25) is 11.8 Å². The molecule has 2 bridgehead atoms. The molecule has 4 rings (SSSR count). The molecule has 31 heavy (non-hydrogen) atoms. The van der Waals surface area contributed by atoms with Gasteiger partial charge < -0.3 is 15.5 Å². The summed E-state index contributed by atoms with van der Waals surface area (Å²) < 4.78 is 0. The Balaban J connectivity index is 1.39. The van der Waals surface area contributed by atoms with Crippen molar-refractivity contribution in [2.75, 3.05) is 19.6 Å². The number of nitriles is 2. The maximum atomic E-state index is 13.1. The highest BCUT2D eigenvalue weighted by Crippen LogP contribution is 2.38. The lowest BCUT2D eigenvalue weighted by atomic mass is 10.0. The number of rotatable bonds is 5. The van der Waals surface area contributed by atoms with Gasteiger partial charge in [-0.05, 0) is 43.4 Å². The molecule has 0 radical (unpaired) electrons. The van der Waals surface area contributed by atoms with Crippen molar-refractivity contribution in [3.05, 3.63) is 35.4 Å². The number of carbonyl (C=O) groups is 2. The van der Waals surface area contributed by atoms with Gasteiger partial charge >= 0.3 is 0 Å². The van der Waals surface area contributed by atoms with Gasteiger partial charge in [-0.3, -0.25) is 14.5 Å². The average Bonchev–Trinajstić information content (AvgIpc) is 3.44. The highest BCUT2D eigenvalue weighted by atomic mass is 16.2. The van der Waals surface area contributed by atoms with E-state index in [1.807, 2.05) is 35.8 Å². The molecule has 162 valence electrons. The summed E-state index contributed by atoms with van der Waals surface area (Å²) in [6, 6.07) is 10.3. The molecule has 5 unspecified atom stereocenters. The Labute approximate surface area is 182 Å². The summed E-state index contributed by atoms with van der Waals surface area (Å²) in [5.74, 6) is 0.161. The smallest absolute Gasteiger partial charge is 0.241 e. The van der Waals surface area contributed by atoms with E-state index in [1.165, 1.54) is 0 Å². The van der Waals surface area contributed by atoms with Gasteiger partial charge in [-0.2, -0.15) is 10.5 Å². The van der Waals surface area contributed by atoms with Gasteiger partial charge in [0.15, 0.2) is 0 Å². The summed E-state index contributed by atoms with van der Waals surface area (Å²) in [5.41, 5.74) is 7.84. The van der Waals surface area contributed by atoms with E-state index in [-0.39, 0.29) is 29.9 Å². The molecule has 3 aliphatic rings. The lowest BCUT2D eigenvalue weighted by Crippen LogP contribution is -2.56. The molecule has 3 fully saturated rings. The minimum Gasteiger partial charge on any atom is -0.330 e. The zero-order chi connectivity index (χ0) is 22.3. The van der Waals surface area contributed by atoms with Crippen LogP contribution in [0.25, 0.3) is 0 Å². The van der Waals surface area contributed by atoms with Crippen LogP contribution in [0.1, 0.15) is 43.9 Å². The van der Waals surface area contributed by atoms with E-state index >= 15 is 0 Å². The third-order valence-corrected chi connectivity index (χ3v) is 6.94. The van der Waals surface area contributed by atoms with Crippen molar-refractivity contribution >= 4 is 11.8 Å². The number of piperazine rings is 1. The molecule has 1 aromatic carbocycles. The highest BCUT2D eigenvalue weighted by Gasteiger charge is 2.51. The van der Waals surface area contributed by atoms with Crippen LogP contribution in [0.15, 0.2) is 24.3 Å². The molecule has 3 saturated heterocycles. The van der Waals surface area contributed by atoms with Crippen molar-refractivity contribution in [1.82, 2.24) is 14.7 Å². The average molecular weight is 421 g/mol. The third kappa shape index (κ3) is 3.78. The fourth-order valence-corrected chi connectivity index (χ4v) is 5.35. The summed E-state index contributed by atoms with van der Waals surface area (Å²) in [4.78, 5) is 31.5. The maximum Gasteiger partial charge on any atom is 0.241 e. The summed E-state index contributed by atoms with van der Waals surface area (Å²) in [5, 5.41) is 18.3. The van der Waals surface area contributed by atoms with Crippen LogP contribution in [0.3, 0.4) is 0 Å². The minimum absolute atomic E-state index is 0.0671. The normalized spacial score (nSPS) is 29.6. The van der Waals surface area contributed by atoms with Crippen molar-refractivity contribution in [3.8, 4) is 12.1 Å². The Kier molecular flexibility index (Phi) is 5.70. The summed E-state index contributed by atoms with van der Waals surface area (Å²) in [7, 11) is 0. The molecule has 2 amide bonds. The standard InChI is InChI=1S/C23H28N6O2/c1-14-7-18(10-25)28(11-14)22(30)20(26)13-27-12-19-8-21(27)23(31)29(19)15(2)17-5-3-16(9-24)4-6-17/h3-6,14-15,18-21H,7-8,11-13,26H2,1-2H3/t14?,15?,18?,19-,20?,21?/m0/s1. The number of fused-ring (bicyclic) bond motifs is 2. The molecule has 3 aliphatic heterocycles. The first kappa shape index (κ1) is 21.3. The minimum atomic E-state index is -0.738. The molecule has 8 nitrogen and oxygen atoms in total. The van der Waals surface area contributed by atoms with Crippen molar-refractivity contribution < 1.29 is 9.59 Å². The van der Waals surface area contributed by atoms with Crippen LogP contribution in [-0.4, -0.2) is 70.3 Å². The van der Waals surface area contributed by atoms with Crippen molar-refractivity contribution in [1.29, 1.82) is 10.5 Å². The van der Waals surface area contributed by atoms with Crippen molar-refractivity contribution in [2.45, 2.75) is 56.9 Å². The zero-order valence-corrected chi connectivity index (χ0v) is 17.9. The number of amides is 2. The van der Waals surface area contributed by atoms with Gasteiger partial charge in [0.05, 0.1) is 35.8 Å². The Morgan fingerprint density at radius 1 is 1.23 bits per heavy atom. The van der Waals surface area contributed by atoms with Crippen molar-refractivity contribution in [2.24, 2.45) is 11.7 Å². The Bertz CT molecular complexity index is 948. The molecule has 0 spiro atoms. The van der Waals surface area contributed by atoms with E-state index in [4.69, 9.17) is 11.0 Å². The first-order valence-electron chi connectivity index (χ1n) is 10.9. The number of hydrogen-bond acceptors (Lipinski definition) is 6. The maximum absolute atomic E-state index is 13.1. The van der Waals surface area contributed by atoms with Crippen LogP contribution in [0.4, 0.5) is 0 Å². The van der Waals surface area contributed by atoms with Gasteiger partial charge in [-0.15, -0.1) is 0 Å². The van der Waals surface area contributed by atoms with E-state index < -0.39 is 12.1 Å². The molecule has 0 aliphatic carbocycles. The van der Waals surface area contributed by atoms with Gasteiger partial charge in [0.1, 0.15) is 6.04 Å². The lowest BCUT2D eigenvalue weighted by Gasteiger charge is -2.38. The summed E-state index contributed by atoms with van der Waals surface area (Å²) in [6.45, 7) is 5.62. The molecular formula is C23H28N6O2. The molecule has 0 aromatic heterocycles. The van der Waals surface area contributed by atoms with E-state index in [9.17, 15) is 14.9 Å². The molecule has 0 saturated carbocycles. The van der Waals surface area contributed by atoms with Gasteiger partial charge in [0, 0.05) is 25.7 Å². The SMILES string of the molecule is CC1CC(C#N)N(C(=O)C(N)CN2C[C@@H]3CC2C(=O)N3C(C)c2ccc(C#N)cc2)C1. The molecule has 2 N–H and O–H groups in total. The summed E-state index contributed by atoms with van der Waals surface area (Å²) in [6.07, 6.45) is 1.42. The van der Waals surface area contributed by atoms with Crippen LogP contribution in [-0.2, 0) is 9.59 Å².